The lowest BCUT2D eigenvalue weighted by Gasteiger charge is -1.92. The summed E-state index contributed by atoms with van der Waals surface area (Å²) >= 11 is 0. The van der Waals surface area contributed by atoms with Gasteiger partial charge in [-0.05, 0) is 6.07 Å². The average Bonchev–Trinajstić information content (AvgIpc) is 1.90. The first-order valence-electron chi connectivity index (χ1n) is 2.37. The Bertz CT molecular complexity index is 150. The molecular formula is C6H11N3. The van der Waals surface area contributed by atoms with Crippen LogP contribution >= 0.6 is 0 Å². The molecule has 0 radical (unpaired) electrons. The third-order valence-corrected chi connectivity index (χ3v) is 0.838. The van der Waals surface area contributed by atoms with E-state index in [-0.39, 0.29) is 7.43 Å². The van der Waals surface area contributed by atoms with Crippen molar-refractivity contribution < 1.29 is 0 Å². The van der Waals surface area contributed by atoms with Crippen LogP contribution in [0, 0.1) is 0 Å². The molecule has 0 saturated heterocycles. The summed E-state index contributed by atoms with van der Waals surface area (Å²) in [6.45, 7) is 0. The first-order chi connectivity index (χ1) is 3.93. The van der Waals surface area contributed by atoms with Gasteiger partial charge in [0, 0.05) is 13.2 Å². The third-order valence-electron chi connectivity index (χ3n) is 0.838. The number of hydrogen-bond donors (Lipinski definition) is 1. The van der Waals surface area contributed by atoms with E-state index < -0.39 is 0 Å². The van der Waals surface area contributed by atoms with Gasteiger partial charge in [0.25, 0.3) is 0 Å². The van der Waals surface area contributed by atoms with Crippen LogP contribution in [0.25, 0.3) is 0 Å². The van der Waals surface area contributed by atoms with Gasteiger partial charge < -0.3 is 5.32 Å². The number of aromatic nitrogens is 2. The summed E-state index contributed by atoms with van der Waals surface area (Å²) in [5.74, 6) is 0.847. The van der Waals surface area contributed by atoms with E-state index in [9.17, 15) is 0 Å². The normalized spacial score (nSPS) is 7.67. The van der Waals surface area contributed by atoms with Crippen molar-refractivity contribution in [1.82, 2.24) is 9.97 Å². The van der Waals surface area contributed by atoms with Crippen LogP contribution in [-0.2, 0) is 0 Å². The molecule has 0 unspecified atom stereocenters. The molecule has 1 aromatic heterocycles. The number of hydrogen-bond acceptors (Lipinski definition) is 3. The smallest absolute Gasteiger partial charge is 0.129 e. The van der Waals surface area contributed by atoms with Crippen LogP contribution in [0.1, 0.15) is 7.43 Å². The molecule has 0 aliphatic heterocycles. The van der Waals surface area contributed by atoms with Gasteiger partial charge in [0.15, 0.2) is 0 Å². The van der Waals surface area contributed by atoms with E-state index in [0.29, 0.717) is 0 Å². The van der Waals surface area contributed by atoms with Gasteiger partial charge in [-0.25, -0.2) is 9.97 Å². The molecule has 1 rings (SSSR count). The monoisotopic (exact) mass is 125 g/mol. The molecule has 3 nitrogen and oxygen atoms in total. The van der Waals surface area contributed by atoms with Crippen LogP contribution < -0.4 is 5.32 Å². The maximum atomic E-state index is 3.88. The Morgan fingerprint density at radius 3 is 2.67 bits per heavy atom. The summed E-state index contributed by atoms with van der Waals surface area (Å²) in [5.41, 5.74) is 0. The fourth-order valence-corrected chi connectivity index (χ4v) is 0.439. The molecule has 1 heterocycles. The van der Waals surface area contributed by atoms with Crippen molar-refractivity contribution in [2.24, 2.45) is 0 Å². The maximum Gasteiger partial charge on any atom is 0.129 e. The topological polar surface area (TPSA) is 37.8 Å². The molecule has 0 aliphatic rings. The van der Waals surface area contributed by atoms with Gasteiger partial charge in [0.1, 0.15) is 12.1 Å². The number of rotatable bonds is 1. The van der Waals surface area contributed by atoms with E-state index in [0.717, 1.165) is 5.82 Å². The van der Waals surface area contributed by atoms with Crippen molar-refractivity contribution in [3.05, 3.63) is 18.6 Å². The molecule has 0 aliphatic carbocycles. The van der Waals surface area contributed by atoms with Crippen LogP contribution in [0.3, 0.4) is 0 Å². The van der Waals surface area contributed by atoms with Crippen LogP contribution in [0.4, 0.5) is 5.82 Å². The fourth-order valence-electron chi connectivity index (χ4n) is 0.439. The zero-order valence-electron chi connectivity index (χ0n) is 4.63. The summed E-state index contributed by atoms with van der Waals surface area (Å²) in [7, 11) is 1.82. The van der Waals surface area contributed by atoms with E-state index in [4.69, 9.17) is 0 Å². The molecule has 0 spiro atoms. The van der Waals surface area contributed by atoms with E-state index in [2.05, 4.69) is 15.3 Å². The van der Waals surface area contributed by atoms with Gasteiger partial charge in [0.2, 0.25) is 0 Å². The number of anilines is 1. The van der Waals surface area contributed by atoms with Crippen LogP contribution in [0.5, 0.6) is 0 Å². The zero-order valence-corrected chi connectivity index (χ0v) is 4.63. The highest BCUT2D eigenvalue weighted by Crippen LogP contribution is 1.93. The molecule has 0 fully saturated rings. The second kappa shape index (κ2) is 3.83. The molecule has 0 bridgehead atoms. The minimum Gasteiger partial charge on any atom is -0.373 e. The summed E-state index contributed by atoms with van der Waals surface area (Å²) in [6.07, 6.45) is 3.20. The summed E-state index contributed by atoms with van der Waals surface area (Å²) in [5, 5.41) is 2.88. The molecule has 0 amide bonds. The second-order valence-electron chi connectivity index (χ2n) is 1.34. The van der Waals surface area contributed by atoms with Crippen molar-refractivity contribution >= 4 is 5.82 Å². The molecule has 9 heavy (non-hydrogen) atoms. The molecule has 0 aromatic carbocycles. The van der Waals surface area contributed by atoms with E-state index in [1.54, 1.807) is 12.3 Å². The van der Waals surface area contributed by atoms with Gasteiger partial charge in [-0.2, -0.15) is 0 Å². The van der Waals surface area contributed by atoms with Gasteiger partial charge in [-0.15, -0.1) is 0 Å². The molecule has 0 atom stereocenters. The lowest BCUT2D eigenvalue weighted by Crippen LogP contribution is -1.90. The minimum atomic E-state index is 0. The zero-order chi connectivity index (χ0) is 5.82. The summed E-state index contributed by atoms with van der Waals surface area (Å²) in [4.78, 5) is 7.62. The van der Waals surface area contributed by atoms with Gasteiger partial charge in [-0.1, -0.05) is 7.43 Å². The van der Waals surface area contributed by atoms with Gasteiger partial charge >= 0.3 is 0 Å². The third kappa shape index (κ3) is 2.08. The van der Waals surface area contributed by atoms with E-state index >= 15 is 0 Å². The molecular weight excluding hydrogens is 114 g/mol. The Morgan fingerprint density at radius 1 is 1.56 bits per heavy atom. The SMILES string of the molecule is C.CNc1ccncn1. The van der Waals surface area contributed by atoms with E-state index in [1.165, 1.54) is 6.33 Å². The van der Waals surface area contributed by atoms with Crippen molar-refractivity contribution in [2.45, 2.75) is 7.43 Å². The molecule has 0 saturated carbocycles. The van der Waals surface area contributed by atoms with Crippen LogP contribution in [0.15, 0.2) is 18.6 Å². The van der Waals surface area contributed by atoms with Crippen molar-refractivity contribution in [3.63, 3.8) is 0 Å². The lowest BCUT2D eigenvalue weighted by molar-refractivity contribution is 1.16. The summed E-state index contributed by atoms with van der Waals surface area (Å²) < 4.78 is 0. The van der Waals surface area contributed by atoms with E-state index in [1.807, 2.05) is 7.05 Å². The molecule has 3 heteroatoms. The first kappa shape index (κ1) is 7.88. The molecule has 1 N–H and O–H groups in total. The Labute approximate surface area is 55.2 Å². The Kier molecular flexibility index (Phi) is 3.35. The lowest BCUT2D eigenvalue weighted by atomic mass is 10.6. The Hall–Kier alpha value is -1.12. The molecule has 1 aromatic rings. The second-order valence-corrected chi connectivity index (χ2v) is 1.34. The van der Waals surface area contributed by atoms with Gasteiger partial charge in [0.05, 0.1) is 0 Å². The van der Waals surface area contributed by atoms with Crippen molar-refractivity contribution in [3.8, 4) is 0 Å². The van der Waals surface area contributed by atoms with Crippen molar-refractivity contribution in [2.75, 3.05) is 12.4 Å². The Morgan fingerprint density at radius 2 is 2.33 bits per heavy atom. The predicted octanol–water partition coefficient (Wildman–Crippen LogP) is 1.15. The highest BCUT2D eigenvalue weighted by atomic mass is 15.0. The Balaban J connectivity index is 0.000000640. The average molecular weight is 125 g/mol. The minimum absolute atomic E-state index is 0. The standard InChI is InChI=1S/C5H7N3.CH4/c1-6-5-2-3-7-4-8-5;/h2-4H,1H3,(H,6,7,8);1H4. The number of nitrogens with zero attached hydrogens (tertiary/aromatic N) is 2. The molecule has 50 valence electrons. The highest BCUT2D eigenvalue weighted by molar-refractivity contribution is 5.29. The van der Waals surface area contributed by atoms with Crippen LogP contribution in [0.2, 0.25) is 0 Å². The summed E-state index contributed by atoms with van der Waals surface area (Å²) in [6, 6.07) is 1.81. The van der Waals surface area contributed by atoms with Crippen LogP contribution in [-0.4, -0.2) is 17.0 Å². The highest BCUT2D eigenvalue weighted by Gasteiger charge is 1.80. The van der Waals surface area contributed by atoms with Gasteiger partial charge in [-0.3, -0.25) is 0 Å². The number of nitrogens with one attached hydrogen (secondary N) is 1. The predicted molar refractivity (Wildman–Crippen MR) is 38.3 cm³/mol. The van der Waals surface area contributed by atoms with Crippen molar-refractivity contribution in [1.29, 1.82) is 0 Å². The maximum absolute atomic E-state index is 3.88. The largest absolute Gasteiger partial charge is 0.373 e. The quantitative estimate of drug-likeness (QED) is 0.612. The first-order valence-corrected chi connectivity index (χ1v) is 2.37. The fraction of sp³-hybridized carbons (Fsp3) is 0.333.